The number of rotatable bonds is 4. The number of benzene rings is 1. The van der Waals surface area contributed by atoms with Crippen LogP contribution >= 0.6 is 15.9 Å². The van der Waals surface area contributed by atoms with Gasteiger partial charge in [0.1, 0.15) is 4.47 Å². The van der Waals surface area contributed by atoms with Crippen LogP contribution in [-0.2, 0) is 6.54 Å². The van der Waals surface area contributed by atoms with Crippen molar-refractivity contribution >= 4 is 27.5 Å². The number of nitro benzene ring substituents is 1. The lowest BCUT2D eigenvalue weighted by atomic mass is 10.1. The summed E-state index contributed by atoms with van der Waals surface area (Å²) in [4.78, 5) is 24.1. The number of hydrogen-bond donors (Lipinski definition) is 1. The molecule has 0 spiro atoms. The van der Waals surface area contributed by atoms with Crippen LogP contribution in [0.4, 0.5) is 5.69 Å². The predicted molar refractivity (Wildman–Crippen MR) is 75.2 cm³/mol. The number of carbonyl (C=O) groups excluding carboxylic acids is 1. The first kappa shape index (κ1) is 14.2. The smallest absolute Gasteiger partial charge is 0.284 e. The second-order valence-electron chi connectivity index (χ2n) is 4.16. The summed E-state index contributed by atoms with van der Waals surface area (Å²) in [5, 5.41) is 17.3. The molecule has 2 rings (SSSR count). The fourth-order valence-electron chi connectivity index (χ4n) is 1.74. The van der Waals surface area contributed by atoms with Crippen molar-refractivity contribution in [1.29, 1.82) is 0 Å². The molecule has 0 aliphatic rings. The Morgan fingerprint density at radius 1 is 1.55 bits per heavy atom. The van der Waals surface area contributed by atoms with Crippen LogP contribution in [0.5, 0.6) is 0 Å². The highest BCUT2D eigenvalue weighted by Crippen LogP contribution is 2.29. The Morgan fingerprint density at radius 3 is 2.90 bits per heavy atom. The van der Waals surface area contributed by atoms with Crippen molar-refractivity contribution in [3.05, 3.63) is 56.3 Å². The second kappa shape index (κ2) is 5.83. The zero-order valence-electron chi connectivity index (χ0n) is 10.5. The van der Waals surface area contributed by atoms with Crippen molar-refractivity contribution in [2.24, 2.45) is 0 Å². The number of halogens is 1. The molecule has 1 aromatic heterocycles. The molecule has 8 heteroatoms. The van der Waals surface area contributed by atoms with Crippen molar-refractivity contribution in [3.8, 4) is 0 Å². The van der Waals surface area contributed by atoms with E-state index < -0.39 is 4.92 Å². The summed E-state index contributed by atoms with van der Waals surface area (Å²) in [5.41, 5.74) is 0.972. The third-order valence-electron chi connectivity index (χ3n) is 2.73. The monoisotopic (exact) mass is 338 g/mol. The van der Waals surface area contributed by atoms with E-state index in [-0.39, 0.29) is 21.6 Å². The average Bonchev–Trinajstić information content (AvgIpc) is 2.90. The van der Waals surface area contributed by atoms with E-state index in [1.54, 1.807) is 25.5 Å². The van der Waals surface area contributed by atoms with Crippen LogP contribution in [0.1, 0.15) is 15.9 Å². The van der Waals surface area contributed by atoms with Gasteiger partial charge in [-0.1, -0.05) is 6.07 Å². The van der Waals surface area contributed by atoms with Gasteiger partial charge >= 0.3 is 0 Å². The van der Waals surface area contributed by atoms with Gasteiger partial charge in [0.2, 0.25) is 0 Å². The van der Waals surface area contributed by atoms with Gasteiger partial charge in [0.05, 0.1) is 16.7 Å². The maximum atomic E-state index is 12.3. The van der Waals surface area contributed by atoms with Gasteiger partial charge in [-0.15, -0.1) is 0 Å². The molecule has 7 nitrogen and oxygen atoms in total. The van der Waals surface area contributed by atoms with E-state index in [9.17, 15) is 14.9 Å². The molecule has 1 N–H and O–H groups in total. The number of H-pyrrole nitrogens is 1. The molecule has 20 heavy (non-hydrogen) atoms. The number of amides is 1. The zero-order valence-corrected chi connectivity index (χ0v) is 12.1. The van der Waals surface area contributed by atoms with E-state index in [1.165, 1.54) is 17.0 Å². The predicted octanol–water partition coefficient (Wildman–Crippen LogP) is 2.35. The summed E-state index contributed by atoms with van der Waals surface area (Å²) in [6.07, 6.45) is 3.30. The van der Waals surface area contributed by atoms with E-state index in [0.29, 0.717) is 6.54 Å². The molecular weight excluding hydrogens is 328 g/mol. The van der Waals surface area contributed by atoms with E-state index >= 15 is 0 Å². The Hall–Kier alpha value is -2.22. The van der Waals surface area contributed by atoms with Crippen molar-refractivity contribution in [3.63, 3.8) is 0 Å². The van der Waals surface area contributed by atoms with Crippen LogP contribution in [-0.4, -0.2) is 33.0 Å². The van der Waals surface area contributed by atoms with E-state index in [1.807, 2.05) is 0 Å². The maximum absolute atomic E-state index is 12.3. The van der Waals surface area contributed by atoms with Crippen LogP contribution in [0.15, 0.2) is 35.1 Å². The van der Waals surface area contributed by atoms with Crippen molar-refractivity contribution < 1.29 is 9.72 Å². The first-order chi connectivity index (χ1) is 9.50. The minimum Gasteiger partial charge on any atom is -0.337 e. The van der Waals surface area contributed by atoms with Gasteiger partial charge in [0.25, 0.3) is 11.6 Å². The summed E-state index contributed by atoms with van der Waals surface area (Å²) >= 11 is 3.12. The summed E-state index contributed by atoms with van der Waals surface area (Å²) in [7, 11) is 1.63. The molecule has 0 aliphatic carbocycles. The fourth-order valence-corrected chi connectivity index (χ4v) is 2.32. The SMILES string of the molecule is CN(Cc1cn[nH]c1)C(=O)c1cccc([N+](=O)[O-])c1Br. The molecular formula is C12H11BrN4O3. The van der Waals surface area contributed by atoms with Gasteiger partial charge in [-0.2, -0.15) is 5.10 Å². The summed E-state index contributed by atoms with van der Waals surface area (Å²) < 4.78 is 0.189. The highest BCUT2D eigenvalue weighted by atomic mass is 79.9. The van der Waals surface area contributed by atoms with Crippen LogP contribution in [0.2, 0.25) is 0 Å². The summed E-state index contributed by atoms with van der Waals surface area (Å²) in [6.45, 7) is 0.366. The van der Waals surface area contributed by atoms with Gasteiger partial charge in [0, 0.05) is 31.4 Å². The number of carbonyl (C=O) groups is 1. The molecule has 0 saturated carbocycles. The molecule has 0 unspecified atom stereocenters. The van der Waals surface area contributed by atoms with Crippen molar-refractivity contribution in [2.45, 2.75) is 6.54 Å². The van der Waals surface area contributed by atoms with Crippen molar-refractivity contribution in [1.82, 2.24) is 15.1 Å². The summed E-state index contributed by atoms with van der Waals surface area (Å²) in [6, 6.07) is 4.38. The highest BCUT2D eigenvalue weighted by Gasteiger charge is 2.21. The molecule has 0 atom stereocenters. The van der Waals surface area contributed by atoms with Gasteiger partial charge in [-0.05, 0) is 22.0 Å². The first-order valence-electron chi connectivity index (χ1n) is 5.66. The normalized spacial score (nSPS) is 10.3. The standard InChI is InChI=1S/C12H11BrN4O3/c1-16(7-8-5-14-15-6-8)12(18)9-3-2-4-10(11(9)13)17(19)20/h2-6H,7H2,1H3,(H,14,15). The van der Waals surface area contributed by atoms with Crippen LogP contribution in [0.25, 0.3) is 0 Å². The van der Waals surface area contributed by atoms with Crippen LogP contribution in [0, 0.1) is 10.1 Å². The van der Waals surface area contributed by atoms with E-state index in [0.717, 1.165) is 5.56 Å². The minimum atomic E-state index is -0.531. The van der Waals surface area contributed by atoms with Gasteiger partial charge < -0.3 is 4.90 Å². The molecule has 0 radical (unpaired) electrons. The molecule has 2 aromatic rings. The van der Waals surface area contributed by atoms with E-state index in [4.69, 9.17) is 0 Å². The van der Waals surface area contributed by atoms with E-state index in [2.05, 4.69) is 26.1 Å². The Kier molecular flexibility index (Phi) is 4.14. The zero-order chi connectivity index (χ0) is 14.7. The molecule has 0 aliphatic heterocycles. The number of aromatic amines is 1. The number of aromatic nitrogens is 2. The molecule has 104 valence electrons. The van der Waals surface area contributed by atoms with Crippen molar-refractivity contribution in [2.75, 3.05) is 7.05 Å². The molecule has 1 amide bonds. The lowest BCUT2D eigenvalue weighted by Crippen LogP contribution is -2.26. The molecule has 0 fully saturated rings. The van der Waals surface area contributed by atoms with Gasteiger partial charge in [0.15, 0.2) is 0 Å². The number of hydrogen-bond acceptors (Lipinski definition) is 4. The number of nitrogens with zero attached hydrogens (tertiary/aromatic N) is 3. The Labute approximate surface area is 122 Å². The fraction of sp³-hybridized carbons (Fsp3) is 0.167. The lowest BCUT2D eigenvalue weighted by Gasteiger charge is -2.17. The average molecular weight is 339 g/mol. The lowest BCUT2D eigenvalue weighted by molar-refractivity contribution is -0.385. The number of nitro groups is 1. The second-order valence-corrected chi connectivity index (χ2v) is 4.96. The first-order valence-corrected chi connectivity index (χ1v) is 6.46. The molecule has 0 saturated heterocycles. The topological polar surface area (TPSA) is 92.1 Å². The third-order valence-corrected chi connectivity index (χ3v) is 3.56. The largest absolute Gasteiger partial charge is 0.337 e. The molecule has 0 bridgehead atoms. The van der Waals surface area contributed by atoms with Gasteiger partial charge in [-0.25, -0.2) is 0 Å². The summed E-state index contributed by atoms with van der Waals surface area (Å²) in [5.74, 6) is -0.304. The Bertz CT molecular complexity index is 642. The highest BCUT2D eigenvalue weighted by molar-refractivity contribution is 9.10. The van der Waals surface area contributed by atoms with Crippen LogP contribution < -0.4 is 0 Å². The Morgan fingerprint density at radius 2 is 2.30 bits per heavy atom. The molecule has 1 heterocycles. The van der Waals surface area contributed by atoms with Gasteiger partial charge in [-0.3, -0.25) is 20.0 Å². The van der Waals surface area contributed by atoms with Crippen LogP contribution in [0.3, 0.4) is 0 Å². The third kappa shape index (κ3) is 2.85. The minimum absolute atomic E-state index is 0.132. The molecule has 1 aromatic carbocycles. The number of nitrogens with one attached hydrogen (secondary N) is 1. The maximum Gasteiger partial charge on any atom is 0.284 e. The quantitative estimate of drug-likeness (QED) is 0.684. The Balaban J connectivity index is 2.25.